The van der Waals surface area contributed by atoms with Crippen LogP contribution >= 0.6 is 11.3 Å². The van der Waals surface area contributed by atoms with E-state index < -0.39 is 65.7 Å². The molecule has 0 aromatic carbocycles. The van der Waals surface area contributed by atoms with Crippen molar-refractivity contribution in [2.45, 2.75) is 44.2 Å². The van der Waals surface area contributed by atoms with Gasteiger partial charge in [0.15, 0.2) is 5.13 Å². The molecule has 172 valence electrons. The van der Waals surface area contributed by atoms with Gasteiger partial charge in [-0.05, 0) is 12.1 Å². The lowest BCUT2D eigenvalue weighted by molar-refractivity contribution is -0.147. The van der Waals surface area contributed by atoms with E-state index in [-0.39, 0.29) is 5.69 Å². The Morgan fingerprint density at radius 1 is 1.41 bits per heavy atom. The predicted octanol–water partition coefficient (Wildman–Crippen LogP) is 0.477. The van der Waals surface area contributed by atoms with Gasteiger partial charge in [-0.1, -0.05) is 13.8 Å². The lowest BCUT2D eigenvalue weighted by Crippen LogP contribution is -2.59. The Labute approximate surface area is 185 Å². The highest BCUT2D eigenvalue weighted by atomic mass is 32.1. The SMILES string of the molecule is CC(C)C(=O)N[C@H]1[C@H]([C@H](O)[C@H](O)CO)OC(C(=O)O)=C[C@@H]1n1cc2cc(F)sc2c1C#N. The van der Waals surface area contributed by atoms with Crippen LogP contribution in [0, 0.1) is 22.4 Å². The Balaban J connectivity index is 2.19. The second-order valence-electron chi connectivity index (χ2n) is 7.67. The number of aliphatic hydroxyl groups excluding tert-OH is 3. The van der Waals surface area contributed by atoms with Crippen molar-refractivity contribution in [2.75, 3.05) is 6.61 Å². The zero-order chi connectivity index (χ0) is 23.7. The fourth-order valence-electron chi connectivity index (χ4n) is 3.52. The van der Waals surface area contributed by atoms with Crippen LogP contribution in [0.25, 0.3) is 10.1 Å². The average molecular weight is 467 g/mol. The number of carboxylic acids is 1. The van der Waals surface area contributed by atoms with Crippen molar-refractivity contribution in [3.05, 3.63) is 34.9 Å². The number of carbonyl (C=O) groups excluding carboxylic acids is 1. The van der Waals surface area contributed by atoms with E-state index in [0.29, 0.717) is 10.1 Å². The molecule has 32 heavy (non-hydrogen) atoms. The van der Waals surface area contributed by atoms with Crippen molar-refractivity contribution in [1.82, 2.24) is 9.88 Å². The van der Waals surface area contributed by atoms with E-state index in [1.807, 2.05) is 6.07 Å². The number of ether oxygens (including phenoxy) is 1. The molecule has 0 unspecified atom stereocenters. The van der Waals surface area contributed by atoms with Gasteiger partial charge in [0.1, 0.15) is 30.1 Å². The quantitative estimate of drug-likeness (QED) is 0.392. The molecule has 10 nitrogen and oxygen atoms in total. The number of aliphatic carboxylic acids is 1. The van der Waals surface area contributed by atoms with Gasteiger partial charge in [0.05, 0.1) is 23.4 Å². The van der Waals surface area contributed by atoms with Crippen molar-refractivity contribution in [3.8, 4) is 6.07 Å². The van der Waals surface area contributed by atoms with Crippen molar-refractivity contribution in [1.29, 1.82) is 5.26 Å². The van der Waals surface area contributed by atoms with Crippen LogP contribution in [0.4, 0.5) is 4.39 Å². The van der Waals surface area contributed by atoms with Crippen molar-refractivity contribution in [2.24, 2.45) is 5.92 Å². The van der Waals surface area contributed by atoms with Crippen molar-refractivity contribution >= 4 is 33.3 Å². The van der Waals surface area contributed by atoms with Crippen LogP contribution in [-0.4, -0.2) is 67.8 Å². The van der Waals surface area contributed by atoms with Gasteiger partial charge in [-0.3, -0.25) is 4.79 Å². The number of nitriles is 1. The molecule has 0 spiro atoms. The molecule has 0 saturated carbocycles. The van der Waals surface area contributed by atoms with E-state index >= 15 is 0 Å². The van der Waals surface area contributed by atoms with E-state index in [9.17, 15) is 39.7 Å². The smallest absolute Gasteiger partial charge is 0.370 e. The highest BCUT2D eigenvalue weighted by Gasteiger charge is 2.45. The van der Waals surface area contributed by atoms with Crippen LogP contribution in [0.5, 0.6) is 0 Å². The highest BCUT2D eigenvalue weighted by molar-refractivity contribution is 7.17. The van der Waals surface area contributed by atoms with Crippen LogP contribution in [0.3, 0.4) is 0 Å². The molecule has 2 aromatic rings. The zero-order valence-electron chi connectivity index (χ0n) is 17.1. The number of hydrogen-bond acceptors (Lipinski definition) is 8. The molecule has 0 saturated heterocycles. The minimum atomic E-state index is -1.78. The zero-order valence-corrected chi connectivity index (χ0v) is 17.9. The van der Waals surface area contributed by atoms with E-state index in [0.717, 1.165) is 11.3 Å². The van der Waals surface area contributed by atoms with E-state index in [2.05, 4.69) is 5.32 Å². The van der Waals surface area contributed by atoms with Crippen molar-refractivity contribution < 1.29 is 39.1 Å². The molecule has 1 amide bonds. The maximum Gasteiger partial charge on any atom is 0.370 e. The summed E-state index contributed by atoms with van der Waals surface area (Å²) < 4.78 is 20.8. The Morgan fingerprint density at radius 2 is 2.09 bits per heavy atom. The molecule has 3 heterocycles. The first kappa shape index (κ1) is 23.7. The van der Waals surface area contributed by atoms with Crippen LogP contribution in [0.15, 0.2) is 24.1 Å². The van der Waals surface area contributed by atoms with Gasteiger partial charge >= 0.3 is 5.97 Å². The third-order valence-electron chi connectivity index (χ3n) is 5.18. The van der Waals surface area contributed by atoms with Gasteiger partial charge in [0.2, 0.25) is 11.7 Å². The Morgan fingerprint density at radius 3 is 2.66 bits per heavy atom. The summed E-state index contributed by atoms with van der Waals surface area (Å²) in [5, 5.41) is 51.6. The fourth-order valence-corrected chi connectivity index (χ4v) is 4.38. The minimum absolute atomic E-state index is 0.0292. The molecule has 3 rings (SSSR count). The summed E-state index contributed by atoms with van der Waals surface area (Å²) in [6.07, 6.45) is -2.33. The molecule has 5 atom stereocenters. The largest absolute Gasteiger partial charge is 0.478 e. The molecule has 0 fully saturated rings. The number of carbonyl (C=O) groups is 2. The summed E-state index contributed by atoms with van der Waals surface area (Å²) in [5.74, 6) is -2.99. The van der Waals surface area contributed by atoms with Crippen LogP contribution in [0.1, 0.15) is 25.6 Å². The summed E-state index contributed by atoms with van der Waals surface area (Å²) >= 11 is 0.743. The topological polar surface area (TPSA) is 165 Å². The maximum atomic E-state index is 13.7. The number of rotatable bonds is 7. The number of fused-ring (bicyclic) bond motifs is 1. The molecule has 2 aromatic heterocycles. The van der Waals surface area contributed by atoms with Crippen molar-refractivity contribution in [3.63, 3.8) is 0 Å². The number of hydrogen-bond donors (Lipinski definition) is 5. The molecule has 1 aliphatic rings. The normalized spacial score (nSPS) is 22.7. The number of halogens is 1. The molecule has 0 bridgehead atoms. The first-order chi connectivity index (χ1) is 15.1. The fraction of sp³-hybridized carbons (Fsp3) is 0.450. The minimum Gasteiger partial charge on any atom is -0.478 e. The molecule has 0 radical (unpaired) electrons. The first-order valence-electron chi connectivity index (χ1n) is 9.68. The van der Waals surface area contributed by atoms with Gasteiger partial charge in [-0.15, -0.1) is 11.3 Å². The molecular weight excluding hydrogens is 445 g/mol. The van der Waals surface area contributed by atoms with Gasteiger partial charge in [-0.2, -0.15) is 9.65 Å². The molecule has 0 aliphatic carbocycles. The van der Waals surface area contributed by atoms with E-state index in [1.165, 1.54) is 22.9 Å². The first-order valence-corrected chi connectivity index (χ1v) is 10.5. The van der Waals surface area contributed by atoms with Gasteiger partial charge in [0.25, 0.3) is 0 Å². The lowest BCUT2D eigenvalue weighted by Gasteiger charge is -2.41. The number of carboxylic acid groups (broad SMARTS) is 1. The number of amides is 1. The highest BCUT2D eigenvalue weighted by Crippen LogP contribution is 2.36. The van der Waals surface area contributed by atoms with Crippen LogP contribution < -0.4 is 5.32 Å². The average Bonchev–Trinajstić information content (AvgIpc) is 3.27. The summed E-state index contributed by atoms with van der Waals surface area (Å²) in [7, 11) is 0. The summed E-state index contributed by atoms with van der Waals surface area (Å²) in [5.41, 5.74) is 0.0292. The Kier molecular flexibility index (Phi) is 6.85. The number of nitrogens with zero attached hydrogens (tertiary/aromatic N) is 2. The second-order valence-corrected chi connectivity index (χ2v) is 8.67. The standard InChI is InChI=1S/C20H22FN3O7S/c1-8(2)19(28)23-15-10(24-6-9-3-14(21)32-18(9)11(24)5-22)4-13(20(29)30)31-17(15)16(27)12(26)7-25/h3-4,6,8,10,12,15-17,25-27H,7H2,1-2H3,(H,23,28)(H,29,30)/t10-,12+,15+,16+,17+/m0/s1. The summed E-state index contributed by atoms with van der Waals surface area (Å²) in [6, 6.07) is 1.02. The van der Waals surface area contributed by atoms with Crippen LogP contribution in [0.2, 0.25) is 0 Å². The van der Waals surface area contributed by atoms with E-state index in [1.54, 1.807) is 13.8 Å². The monoisotopic (exact) mass is 467 g/mol. The van der Waals surface area contributed by atoms with E-state index in [4.69, 9.17) is 4.74 Å². The third kappa shape index (κ3) is 4.33. The van der Waals surface area contributed by atoms with Crippen LogP contribution in [-0.2, 0) is 14.3 Å². The predicted molar refractivity (Wildman–Crippen MR) is 110 cm³/mol. The number of nitrogens with one attached hydrogen (secondary N) is 1. The summed E-state index contributed by atoms with van der Waals surface area (Å²) in [6.45, 7) is 2.40. The molecule has 5 N–H and O–H groups in total. The molecular formula is C20H22FN3O7S. The van der Waals surface area contributed by atoms with Gasteiger partial charge in [-0.25, -0.2) is 4.79 Å². The summed E-state index contributed by atoms with van der Waals surface area (Å²) in [4.78, 5) is 24.2. The molecule has 1 aliphatic heterocycles. The second kappa shape index (κ2) is 9.25. The number of aliphatic hydroxyl groups is 3. The molecule has 12 heteroatoms. The number of aromatic nitrogens is 1. The third-order valence-corrected chi connectivity index (χ3v) is 6.12. The van der Waals surface area contributed by atoms with Gasteiger partial charge < -0.3 is 35.0 Å². The van der Waals surface area contributed by atoms with Gasteiger partial charge in [0, 0.05) is 17.5 Å². The Hall–Kier alpha value is -2.98. The Bertz CT molecular complexity index is 1100. The lowest BCUT2D eigenvalue weighted by atomic mass is 9.91. The number of thiophene rings is 1. The maximum absolute atomic E-state index is 13.7.